The molecule has 0 spiro atoms. The first kappa shape index (κ1) is 14.5. The van der Waals surface area contributed by atoms with E-state index in [4.69, 9.17) is 10.7 Å². The van der Waals surface area contributed by atoms with Gasteiger partial charge in [0.15, 0.2) is 0 Å². The van der Waals surface area contributed by atoms with Crippen LogP contribution in [0.2, 0.25) is 0 Å². The molecule has 0 aromatic heterocycles. The molecule has 1 aromatic carbocycles. The molecule has 0 bridgehead atoms. The van der Waals surface area contributed by atoms with E-state index in [1.54, 1.807) is 0 Å². The summed E-state index contributed by atoms with van der Waals surface area (Å²) in [5.74, 6) is 0. The van der Waals surface area contributed by atoms with Crippen molar-refractivity contribution in [2.24, 2.45) is 0 Å². The zero-order valence-corrected chi connectivity index (χ0v) is 12.2. The summed E-state index contributed by atoms with van der Waals surface area (Å²) in [5, 5.41) is 0. The standard InChI is InChI=1S/C11H12ClNO4S2/c12-18(14,15)10-6-3-7-11(8-10)19(16,17)13-9-4-1-2-5-9/h1-3,6-9,13H,4-5H2. The van der Waals surface area contributed by atoms with Crippen molar-refractivity contribution < 1.29 is 16.8 Å². The maximum absolute atomic E-state index is 12.1. The zero-order chi connectivity index (χ0) is 14.1. The second-order valence-corrected chi connectivity index (χ2v) is 8.45. The molecule has 0 fully saturated rings. The molecule has 0 atom stereocenters. The van der Waals surface area contributed by atoms with Crippen LogP contribution in [0.1, 0.15) is 12.8 Å². The highest BCUT2D eigenvalue weighted by molar-refractivity contribution is 8.13. The molecule has 19 heavy (non-hydrogen) atoms. The molecule has 1 aliphatic carbocycles. The number of benzene rings is 1. The second kappa shape index (κ2) is 5.24. The van der Waals surface area contributed by atoms with E-state index in [2.05, 4.69) is 4.72 Å². The Morgan fingerprint density at radius 3 is 2.21 bits per heavy atom. The number of hydrogen-bond donors (Lipinski definition) is 1. The number of halogens is 1. The predicted molar refractivity (Wildman–Crippen MR) is 72.0 cm³/mol. The van der Waals surface area contributed by atoms with Gasteiger partial charge in [0.25, 0.3) is 9.05 Å². The third-order valence-corrected chi connectivity index (χ3v) is 5.60. The van der Waals surface area contributed by atoms with Crippen LogP contribution in [0.3, 0.4) is 0 Å². The first-order chi connectivity index (χ1) is 8.79. The van der Waals surface area contributed by atoms with Crippen LogP contribution in [0.15, 0.2) is 46.2 Å². The van der Waals surface area contributed by atoms with E-state index < -0.39 is 19.1 Å². The van der Waals surface area contributed by atoms with E-state index in [1.165, 1.54) is 18.2 Å². The first-order valence-corrected chi connectivity index (χ1v) is 9.30. The molecule has 1 aromatic rings. The molecule has 1 aliphatic rings. The van der Waals surface area contributed by atoms with Gasteiger partial charge in [0.2, 0.25) is 10.0 Å². The van der Waals surface area contributed by atoms with Crippen LogP contribution in [-0.4, -0.2) is 22.9 Å². The van der Waals surface area contributed by atoms with E-state index in [0.717, 1.165) is 6.07 Å². The van der Waals surface area contributed by atoms with Crippen LogP contribution < -0.4 is 4.72 Å². The first-order valence-electron chi connectivity index (χ1n) is 5.51. The molecule has 0 aliphatic heterocycles. The molecular weight excluding hydrogens is 310 g/mol. The molecule has 0 radical (unpaired) electrons. The third kappa shape index (κ3) is 3.56. The van der Waals surface area contributed by atoms with Crippen LogP contribution in [0.5, 0.6) is 0 Å². The molecule has 104 valence electrons. The molecule has 1 N–H and O–H groups in total. The Morgan fingerprint density at radius 2 is 1.63 bits per heavy atom. The molecular formula is C11H12ClNO4S2. The summed E-state index contributed by atoms with van der Waals surface area (Å²) in [5.41, 5.74) is 0. The van der Waals surface area contributed by atoms with Crippen molar-refractivity contribution in [1.82, 2.24) is 4.72 Å². The summed E-state index contributed by atoms with van der Waals surface area (Å²) >= 11 is 0. The van der Waals surface area contributed by atoms with E-state index >= 15 is 0 Å². The van der Waals surface area contributed by atoms with Crippen LogP contribution in [0, 0.1) is 0 Å². The number of nitrogens with one attached hydrogen (secondary N) is 1. The highest BCUT2D eigenvalue weighted by Gasteiger charge is 2.22. The summed E-state index contributed by atoms with van der Waals surface area (Å²) < 4.78 is 49.1. The highest BCUT2D eigenvalue weighted by Crippen LogP contribution is 2.20. The van der Waals surface area contributed by atoms with Gasteiger partial charge in [-0.05, 0) is 31.0 Å². The Labute approximate surface area is 116 Å². The monoisotopic (exact) mass is 321 g/mol. The largest absolute Gasteiger partial charge is 0.261 e. The molecule has 0 heterocycles. The van der Waals surface area contributed by atoms with Crippen molar-refractivity contribution in [3.8, 4) is 0 Å². The van der Waals surface area contributed by atoms with E-state index in [0.29, 0.717) is 12.8 Å². The average Bonchev–Trinajstić information content (AvgIpc) is 2.80. The van der Waals surface area contributed by atoms with Crippen molar-refractivity contribution >= 4 is 29.8 Å². The minimum atomic E-state index is -3.95. The topological polar surface area (TPSA) is 80.3 Å². The molecule has 0 saturated carbocycles. The van der Waals surface area contributed by atoms with Crippen LogP contribution >= 0.6 is 10.7 Å². The van der Waals surface area contributed by atoms with Crippen LogP contribution in [-0.2, 0) is 19.1 Å². The number of rotatable bonds is 4. The lowest BCUT2D eigenvalue weighted by Gasteiger charge is -2.12. The fourth-order valence-electron chi connectivity index (χ4n) is 1.79. The Kier molecular flexibility index (Phi) is 4.00. The SMILES string of the molecule is O=S(=O)(Cl)c1cccc(S(=O)(=O)NC2CC=CC2)c1. The summed E-state index contributed by atoms with van der Waals surface area (Å²) in [6.07, 6.45) is 5.05. The Hall–Kier alpha value is -0.890. The number of sulfonamides is 1. The van der Waals surface area contributed by atoms with Gasteiger partial charge < -0.3 is 0 Å². The molecule has 2 rings (SSSR count). The van der Waals surface area contributed by atoms with Gasteiger partial charge in [0, 0.05) is 16.7 Å². The molecule has 5 nitrogen and oxygen atoms in total. The summed E-state index contributed by atoms with van der Waals surface area (Å²) in [4.78, 5) is -0.345. The third-order valence-electron chi connectivity index (χ3n) is 2.73. The predicted octanol–water partition coefficient (Wildman–Crippen LogP) is 1.61. The number of hydrogen-bond acceptors (Lipinski definition) is 4. The van der Waals surface area contributed by atoms with Crippen molar-refractivity contribution in [1.29, 1.82) is 0 Å². The summed E-state index contributed by atoms with van der Waals surface area (Å²) in [7, 11) is -2.49. The molecule has 0 saturated heterocycles. The quantitative estimate of drug-likeness (QED) is 0.675. The van der Waals surface area contributed by atoms with Crippen molar-refractivity contribution in [2.45, 2.75) is 28.7 Å². The van der Waals surface area contributed by atoms with E-state index in [9.17, 15) is 16.8 Å². The van der Waals surface area contributed by atoms with Gasteiger partial charge in [0.1, 0.15) is 0 Å². The maximum atomic E-state index is 12.1. The zero-order valence-electron chi connectivity index (χ0n) is 9.78. The van der Waals surface area contributed by atoms with Crippen molar-refractivity contribution in [2.75, 3.05) is 0 Å². The van der Waals surface area contributed by atoms with Gasteiger partial charge in [-0.25, -0.2) is 21.6 Å². The minimum absolute atomic E-state index is 0.110. The van der Waals surface area contributed by atoms with E-state index in [-0.39, 0.29) is 15.8 Å². The lowest BCUT2D eigenvalue weighted by Crippen LogP contribution is -2.32. The van der Waals surface area contributed by atoms with Crippen LogP contribution in [0.25, 0.3) is 0 Å². The lowest BCUT2D eigenvalue weighted by molar-refractivity contribution is 0.557. The summed E-state index contributed by atoms with van der Waals surface area (Å²) in [6.45, 7) is 0. The van der Waals surface area contributed by atoms with Gasteiger partial charge in [0.05, 0.1) is 9.79 Å². The fourth-order valence-corrected chi connectivity index (χ4v) is 3.97. The van der Waals surface area contributed by atoms with Gasteiger partial charge in [-0.1, -0.05) is 18.2 Å². The van der Waals surface area contributed by atoms with Gasteiger partial charge in [-0.2, -0.15) is 0 Å². The Morgan fingerprint density at radius 1 is 1.05 bits per heavy atom. The van der Waals surface area contributed by atoms with Crippen molar-refractivity contribution in [3.05, 3.63) is 36.4 Å². The van der Waals surface area contributed by atoms with Gasteiger partial charge in [-0.3, -0.25) is 0 Å². The lowest BCUT2D eigenvalue weighted by atomic mass is 10.3. The van der Waals surface area contributed by atoms with Crippen LogP contribution in [0.4, 0.5) is 0 Å². The highest BCUT2D eigenvalue weighted by atomic mass is 35.7. The second-order valence-electron chi connectivity index (χ2n) is 4.17. The van der Waals surface area contributed by atoms with Gasteiger partial charge in [-0.15, -0.1) is 0 Å². The summed E-state index contributed by atoms with van der Waals surface area (Å²) in [6, 6.07) is 4.79. The minimum Gasteiger partial charge on any atom is -0.207 e. The maximum Gasteiger partial charge on any atom is 0.261 e. The van der Waals surface area contributed by atoms with E-state index in [1.807, 2.05) is 12.2 Å². The average molecular weight is 322 g/mol. The normalized spacial score (nSPS) is 16.9. The smallest absolute Gasteiger partial charge is 0.207 e. The van der Waals surface area contributed by atoms with Gasteiger partial charge >= 0.3 is 0 Å². The molecule has 0 amide bonds. The fraction of sp³-hybridized carbons (Fsp3) is 0.273. The molecule has 8 heteroatoms. The Bertz CT molecular complexity index is 702. The van der Waals surface area contributed by atoms with Crippen molar-refractivity contribution in [3.63, 3.8) is 0 Å². The Balaban J connectivity index is 2.30. The molecule has 0 unspecified atom stereocenters.